The maximum absolute atomic E-state index is 11.2. The van der Waals surface area contributed by atoms with E-state index < -0.39 is 11.9 Å². The highest BCUT2D eigenvalue weighted by Crippen LogP contribution is 2.21. The lowest BCUT2D eigenvalue weighted by Gasteiger charge is -2.24. The van der Waals surface area contributed by atoms with E-state index in [1.807, 2.05) is 11.9 Å². The molecule has 0 spiro atoms. The van der Waals surface area contributed by atoms with Crippen molar-refractivity contribution >= 4 is 5.97 Å². The van der Waals surface area contributed by atoms with E-state index in [2.05, 4.69) is 10.1 Å². The van der Waals surface area contributed by atoms with E-state index in [-0.39, 0.29) is 12.6 Å². The first-order valence-electron chi connectivity index (χ1n) is 6.52. The molecular weight excluding hydrogens is 278 g/mol. The zero-order chi connectivity index (χ0) is 14.8. The van der Waals surface area contributed by atoms with E-state index >= 15 is 0 Å². The topological polar surface area (TPSA) is 102 Å². The highest BCUT2D eigenvalue weighted by molar-refractivity contribution is 5.71. The Kier molecular flexibility index (Phi) is 3.72. The number of furan rings is 1. The molecule has 2 unspecified atom stereocenters. The number of carbonyl (C=O) groups is 1. The Balaban J connectivity index is 1.67. The molecule has 0 aliphatic carbocycles. The van der Waals surface area contributed by atoms with Gasteiger partial charge in [0.1, 0.15) is 0 Å². The van der Waals surface area contributed by atoms with Crippen molar-refractivity contribution in [3.63, 3.8) is 0 Å². The molecule has 1 fully saturated rings. The van der Waals surface area contributed by atoms with Crippen molar-refractivity contribution in [3.8, 4) is 11.6 Å². The molecule has 2 atom stereocenters. The van der Waals surface area contributed by atoms with E-state index in [1.54, 1.807) is 12.1 Å². The molecule has 0 aromatic carbocycles. The van der Waals surface area contributed by atoms with Crippen molar-refractivity contribution in [2.45, 2.75) is 12.6 Å². The normalized spacial score (nSPS) is 22.0. The Labute approximate surface area is 120 Å². The summed E-state index contributed by atoms with van der Waals surface area (Å²) in [5.41, 5.74) is 0. The predicted octanol–water partition coefficient (Wildman–Crippen LogP) is 0.861. The zero-order valence-electron chi connectivity index (χ0n) is 11.4. The molecule has 1 saturated heterocycles. The number of carboxylic acids is 1. The Morgan fingerprint density at radius 1 is 1.52 bits per heavy atom. The van der Waals surface area contributed by atoms with Gasteiger partial charge < -0.3 is 18.8 Å². The second kappa shape index (κ2) is 5.66. The van der Waals surface area contributed by atoms with Crippen LogP contribution in [-0.4, -0.2) is 52.4 Å². The number of aromatic nitrogens is 2. The van der Waals surface area contributed by atoms with Crippen LogP contribution < -0.4 is 0 Å². The van der Waals surface area contributed by atoms with Gasteiger partial charge in [0.15, 0.2) is 5.76 Å². The lowest BCUT2D eigenvalue weighted by Crippen LogP contribution is -2.40. The maximum Gasteiger partial charge on any atom is 0.310 e. The van der Waals surface area contributed by atoms with Gasteiger partial charge in [-0.3, -0.25) is 9.69 Å². The van der Waals surface area contributed by atoms with Gasteiger partial charge in [0, 0.05) is 6.04 Å². The summed E-state index contributed by atoms with van der Waals surface area (Å²) in [6.45, 7) is 0.962. The highest BCUT2D eigenvalue weighted by Gasteiger charge is 2.37. The SMILES string of the molecule is CN(Cc1nc(-c2ccco2)no1)C1COCC1C(=O)O. The fourth-order valence-corrected chi connectivity index (χ4v) is 2.37. The van der Waals surface area contributed by atoms with Crippen LogP contribution in [-0.2, 0) is 16.1 Å². The number of nitrogens with zero attached hydrogens (tertiary/aromatic N) is 3. The highest BCUT2D eigenvalue weighted by atomic mass is 16.5. The molecule has 1 N–H and O–H groups in total. The first-order chi connectivity index (χ1) is 10.1. The minimum atomic E-state index is -0.855. The standard InChI is InChI=1S/C13H15N3O5/c1-16(9-7-19-6-8(9)13(17)18)5-11-14-12(15-21-11)10-3-2-4-20-10/h2-4,8-9H,5-7H2,1H3,(H,17,18). The van der Waals surface area contributed by atoms with Crippen LogP contribution in [0.1, 0.15) is 5.89 Å². The molecule has 0 amide bonds. The van der Waals surface area contributed by atoms with Crippen LogP contribution >= 0.6 is 0 Å². The summed E-state index contributed by atoms with van der Waals surface area (Å²) >= 11 is 0. The number of rotatable bonds is 5. The Hall–Kier alpha value is -2.19. The van der Waals surface area contributed by atoms with Crippen LogP contribution in [0.2, 0.25) is 0 Å². The van der Waals surface area contributed by atoms with Crippen LogP contribution in [0.15, 0.2) is 27.3 Å². The van der Waals surface area contributed by atoms with Gasteiger partial charge in [-0.25, -0.2) is 0 Å². The summed E-state index contributed by atoms with van der Waals surface area (Å²) in [4.78, 5) is 17.2. The summed E-state index contributed by atoms with van der Waals surface area (Å²) in [6.07, 6.45) is 1.53. The molecule has 0 saturated carbocycles. The minimum Gasteiger partial charge on any atom is -0.481 e. The Morgan fingerprint density at radius 2 is 2.38 bits per heavy atom. The summed E-state index contributed by atoms with van der Waals surface area (Å²) in [5, 5.41) is 13.0. The third-order valence-corrected chi connectivity index (χ3v) is 3.53. The fraction of sp³-hybridized carbons (Fsp3) is 0.462. The molecule has 21 heavy (non-hydrogen) atoms. The smallest absolute Gasteiger partial charge is 0.310 e. The van der Waals surface area contributed by atoms with Gasteiger partial charge in [-0.2, -0.15) is 4.98 Å². The molecule has 0 radical (unpaired) electrons. The van der Waals surface area contributed by atoms with Gasteiger partial charge in [0.05, 0.1) is 31.9 Å². The molecule has 8 heteroatoms. The van der Waals surface area contributed by atoms with Crippen LogP contribution in [0.5, 0.6) is 0 Å². The van der Waals surface area contributed by atoms with Crippen molar-refractivity contribution in [1.29, 1.82) is 0 Å². The lowest BCUT2D eigenvalue weighted by atomic mass is 10.0. The first-order valence-corrected chi connectivity index (χ1v) is 6.52. The van der Waals surface area contributed by atoms with Crippen LogP contribution in [0.3, 0.4) is 0 Å². The third kappa shape index (κ3) is 2.81. The number of ether oxygens (including phenoxy) is 1. The summed E-state index contributed by atoms with van der Waals surface area (Å²) in [7, 11) is 1.81. The van der Waals surface area contributed by atoms with E-state index in [4.69, 9.17) is 18.8 Å². The van der Waals surface area contributed by atoms with Crippen molar-refractivity contribution in [2.75, 3.05) is 20.3 Å². The molecule has 3 heterocycles. The van der Waals surface area contributed by atoms with Crippen molar-refractivity contribution in [3.05, 3.63) is 24.3 Å². The van der Waals surface area contributed by atoms with E-state index in [0.29, 0.717) is 30.6 Å². The van der Waals surface area contributed by atoms with Gasteiger partial charge in [-0.05, 0) is 19.2 Å². The van der Waals surface area contributed by atoms with Gasteiger partial charge in [-0.1, -0.05) is 5.16 Å². The molecule has 0 bridgehead atoms. The summed E-state index contributed by atoms with van der Waals surface area (Å²) in [6, 6.07) is 3.27. The zero-order valence-corrected chi connectivity index (χ0v) is 11.4. The number of likely N-dealkylation sites (N-methyl/N-ethyl adjacent to an activating group) is 1. The van der Waals surface area contributed by atoms with Crippen molar-refractivity contribution in [2.24, 2.45) is 5.92 Å². The quantitative estimate of drug-likeness (QED) is 0.866. The largest absolute Gasteiger partial charge is 0.481 e. The van der Waals surface area contributed by atoms with Crippen LogP contribution in [0.25, 0.3) is 11.6 Å². The molecule has 2 aromatic heterocycles. The molecule has 1 aliphatic rings. The number of carboxylic acid groups (broad SMARTS) is 1. The average molecular weight is 293 g/mol. The minimum absolute atomic E-state index is 0.207. The second-order valence-electron chi connectivity index (χ2n) is 4.95. The van der Waals surface area contributed by atoms with Gasteiger partial charge in [0.25, 0.3) is 0 Å². The van der Waals surface area contributed by atoms with Gasteiger partial charge in [0.2, 0.25) is 11.7 Å². The fourth-order valence-electron chi connectivity index (χ4n) is 2.37. The number of hydrogen-bond acceptors (Lipinski definition) is 7. The van der Waals surface area contributed by atoms with Gasteiger partial charge >= 0.3 is 5.97 Å². The molecule has 2 aromatic rings. The van der Waals surface area contributed by atoms with Crippen molar-refractivity contribution in [1.82, 2.24) is 15.0 Å². The molecule has 3 rings (SSSR count). The van der Waals surface area contributed by atoms with Crippen LogP contribution in [0, 0.1) is 5.92 Å². The average Bonchev–Trinajstić information content (AvgIpc) is 3.19. The number of hydrogen-bond donors (Lipinski definition) is 1. The maximum atomic E-state index is 11.2. The van der Waals surface area contributed by atoms with Gasteiger partial charge in [-0.15, -0.1) is 0 Å². The predicted molar refractivity (Wildman–Crippen MR) is 69.2 cm³/mol. The number of aliphatic carboxylic acids is 1. The second-order valence-corrected chi connectivity index (χ2v) is 4.95. The van der Waals surface area contributed by atoms with E-state index in [9.17, 15) is 4.79 Å². The summed E-state index contributed by atoms with van der Waals surface area (Å²) < 4.78 is 15.6. The molecule has 1 aliphatic heterocycles. The Bertz CT molecular complexity index is 609. The summed E-state index contributed by atoms with van der Waals surface area (Å²) in [5.74, 6) is -0.0883. The van der Waals surface area contributed by atoms with E-state index in [1.165, 1.54) is 6.26 Å². The van der Waals surface area contributed by atoms with Crippen LogP contribution in [0.4, 0.5) is 0 Å². The molecular formula is C13H15N3O5. The third-order valence-electron chi connectivity index (χ3n) is 3.53. The lowest BCUT2D eigenvalue weighted by molar-refractivity contribution is -0.143. The Morgan fingerprint density at radius 3 is 3.10 bits per heavy atom. The van der Waals surface area contributed by atoms with Crippen molar-refractivity contribution < 1.29 is 23.6 Å². The molecule has 112 valence electrons. The van der Waals surface area contributed by atoms with E-state index in [0.717, 1.165) is 0 Å². The molecule has 8 nitrogen and oxygen atoms in total. The monoisotopic (exact) mass is 293 g/mol. The first kappa shape index (κ1) is 13.8.